The normalized spacial score (nSPS) is 10.4. The summed E-state index contributed by atoms with van der Waals surface area (Å²) in [5.41, 5.74) is 1.35. The number of benzene rings is 2. The van der Waals surface area contributed by atoms with E-state index in [1.54, 1.807) is 6.92 Å². The van der Waals surface area contributed by atoms with Crippen molar-refractivity contribution >= 4 is 34.0 Å². The van der Waals surface area contributed by atoms with Gasteiger partial charge in [-0.15, -0.1) is 11.3 Å². The molecule has 1 amide bonds. The zero-order chi connectivity index (χ0) is 20.8. The zero-order valence-corrected chi connectivity index (χ0v) is 16.3. The largest absolute Gasteiger partial charge is 0.466 e. The average molecular weight is 411 g/mol. The summed E-state index contributed by atoms with van der Waals surface area (Å²) in [7, 11) is 0. The topological polar surface area (TPSA) is 111 Å². The summed E-state index contributed by atoms with van der Waals surface area (Å²) in [5, 5.41) is 13.9. The molecule has 3 aromatic rings. The Bertz CT molecular complexity index is 1050. The number of thiazole rings is 1. The van der Waals surface area contributed by atoms with Gasteiger partial charge in [-0.2, -0.15) is 0 Å². The van der Waals surface area contributed by atoms with Crippen molar-refractivity contribution < 1.29 is 19.2 Å². The lowest BCUT2D eigenvalue weighted by Crippen LogP contribution is -2.11. The maximum absolute atomic E-state index is 12.5. The molecule has 3 rings (SSSR count). The Hall–Kier alpha value is -3.59. The summed E-state index contributed by atoms with van der Waals surface area (Å²) in [6, 6.07) is 14.7. The van der Waals surface area contributed by atoms with Gasteiger partial charge in [-0.1, -0.05) is 36.4 Å². The summed E-state index contributed by atoms with van der Waals surface area (Å²) in [5.74, 6) is -0.908. The molecule has 0 atom stereocenters. The van der Waals surface area contributed by atoms with Crippen LogP contribution in [0, 0.1) is 10.1 Å². The van der Waals surface area contributed by atoms with Crippen LogP contribution in [0.5, 0.6) is 0 Å². The number of nitro groups is 1. The molecule has 148 valence electrons. The van der Waals surface area contributed by atoms with E-state index in [9.17, 15) is 19.7 Å². The molecule has 8 nitrogen and oxygen atoms in total. The number of carbonyl (C=O) groups is 2. The monoisotopic (exact) mass is 411 g/mol. The van der Waals surface area contributed by atoms with Crippen LogP contribution in [0.2, 0.25) is 0 Å². The van der Waals surface area contributed by atoms with Gasteiger partial charge in [-0.05, 0) is 13.0 Å². The van der Waals surface area contributed by atoms with Gasteiger partial charge >= 0.3 is 5.97 Å². The van der Waals surface area contributed by atoms with Crippen LogP contribution in [-0.2, 0) is 16.0 Å². The molecule has 0 aliphatic heterocycles. The number of aromatic nitrogens is 1. The Labute approximate surface area is 170 Å². The van der Waals surface area contributed by atoms with E-state index in [4.69, 9.17) is 4.74 Å². The molecule has 0 radical (unpaired) electrons. The Morgan fingerprint density at radius 2 is 1.93 bits per heavy atom. The summed E-state index contributed by atoms with van der Waals surface area (Å²) in [6.07, 6.45) is 0.0302. The summed E-state index contributed by atoms with van der Waals surface area (Å²) in [4.78, 5) is 39.9. The van der Waals surface area contributed by atoms with Crippen LogP contribution in [0.4, 0.5) is 10.8 Å². The van der Waals surface area contributed by atoms with Gasteiger partial charge in [-0.3, -0.25) is 25.0 Å². The Balaban J connectivity index is 1.88. The van der Waals surface area contributed by atoms with E-state index in [2.05, 4.69) is 10.3 Å². The van der Waals surface area contributed by atoms with Gasteiger partial charge in [0, 0.05) is 28.1 Å². The second-order valence-corrected chi connectivity index (χ2v) is 6.98. The fraction of sp³-hybridized carbons (Fsp3) is 0.150. The van der Waals surface area contributed by atoms with Crippen molar-refractivity contribution in [3.8, 4) is 11.3 Å². The van der Waals surface area contributed by atoms with Gasteiger partial charge < -0.3 is 4.74 Å². The number of hydrogen-bond donors (Lipinski definition) is 1. The lowest BCUT2D eigenvalue weighted by atomic mass is 10.1. The maximum Gasteiger partial charge on any atom is 0.311 e. The van der Waals surface area contributed by atoms with Gasteiger partial charge in [0.25, 0.3) is 11.6 Å². The number of nitro benzene ring substituents is 1. The fourth-order valence-corrected chi connectivity index (χ4v) is 3.58. The number of ether oxygens (including phenoxy) is 1. The minimum atomic E-state index is -0.564. The van der Waals surface area contributed by atoms with Gasteiger partial charge in [0.05, 0.1) is 23.6 Å². The minimum absolute atomic E-state index is 0.0302. The molecular weight excluding hydrogens is 394 g/mol. The number of rotatable bonds is 7. The number of carbonyl (C=O) groups excluding carboxylic acids is 2. The summed E-state index contributed by atoms with van der Waals surface area (Å²) >= 11 is 1.16. The first-order valence-electron chi connectivity index (χ1n) is 8.74. The molecule has 0 unspecified atom stereocenters. The van der Waals surface area contributed by atoms with Crippen LogP contribution in [0.25, 0.3) is 11.3 Å². The van der Waals surface area contributed by atoms with Crippen LogP contribution in [0.1, 0.15) is 22.2 Å². The Kier molecular flexibility index (Phi) is 6.30. The SMILES string of the molecule is CCOC(=O)Cc1sc(NC(=O)c2cccc([N+](=O)[O-])c2)nc1-c1ccccc1. The molecule has 0 spiro atoms. The van der Waals surface area contributed by atoms with E-state index in [1.165, 1.54) is 24.3 Å². The smallest absolute Gasteiger partial charge is 0.311 e. The average Bonchev–Trinajstić information content (AvgIpc) is 3.10. The molecule has 0 fully saturated rings. The lowest BCUT2D eigenvalue weighted by molar-refractivity contribution is -0.384. The third-order valence-corrected chi connectivity index (χ3v) is 4.87. The summed E-state index contributed by atoms with van der Waals surface area (Å²) < 4.78 is 5.02. The van der Waals surface area contributed by atoms with E-state index in [0.29, 0.717) is 15.7 Å². The molecule has 1 aromatic heterocycles. The number of nitrogens with one attached hydrogen (secondary N) is 1. The predicted octanol–water partition coefficient (Wildman–Crippen LogP) is 4.08. The molecule has 1 N–H and O–H groups in total. The Morgan fingerprint density at radius 3 is 2.62 bits per heavy atom. The Morgan fingerprint density at radius 1 is 1.17 bits per heavy atom. The second-order valence-electron chi connectivity index (χ2n) is 5.90. The van der Waals surface area contributed by atoms with Crippen molar-refractivity contribution in [2.24, 2.45) is 0 Å². The van der Waals surface area contributed by atoms with Crippen LogP contribution in [0.15, 0.2) is 54.6 Å². The number of amides is 1. The maximum atomic E-state index is 12.5. The fourth-order valence-electron chi connectivity index (χ4n) is 2.62. The highest BCUT2D eigenvalue weighted by atomic mass is 32.1. The second kappa shape index (κ2) is 9.07. The standard InChI is InChI=1S/C20H17N3O5S/c1-2-28-17(24)12-16-18(13-7-4-3-5-8-13)21-20(29-16)22-19(25)14-9-6-10-15(11-14)23(26)27/h3-11H,2,12H2,1H3,(H,21,22,25). The lowest BCUT2D eigenvalue weighted by Gasteiger charge is -2.02. The van der Waals surface area contributed by atoms with Gasteiger partial charge in [0.2, 0.25) is 0 Å². The number of esters is 1. The van der Waals surface area contributed by atoms with E-state index < -0.39 is 10.8 Å². The minimum Gasteiger partial charge on any atom is -0.466 e. The molecule has 1 heterocycles. The first-order valence-corrected chi connectivity index (χ1v) is 9.56. The molecule has 0 saturated carbocycles. The number of non-ortho nitro benzene ring substituents is 1. The van der Waals surface area contributed by atoms with Gasteiger partial charge in [0.15, 0.2) is 5.13 Å². The first-order chi connectivity index (χ1) is 14.0. The predicted molar refractivity (Wildman–Crippen MR) is 109 cm³/mol. The van der Waals surface area contributed by atoms with Crippen molar-refractivity contribution in [2.45, 2.75) is 13.3 Å². The molecule has 0 saturated heterocycles. The number of hydrogen-bond acceptors (Lipinski definition) is 7. The van der Waals surface area contributed by atoms with Crippen molar-refractivity contribution in [3.05, 3.63) is 75.2 Å². The number of anilines is 1. The molecule has 0 bridgehead atoms. The van der Waals surface area contributed by atoms with E-state index in [1.807, 2.05) is 30.3 Å². The molecule has 29 heavy (non-hydrogen) atoms. The highest BCUT2D eigenvalue weighted by Gasteiger charge is 2.19. The highest BCUT2D eigenvalue weighted by molar-refractivity contribution is 7.16. The quantitative estimate of drug-likeness (QED) is 0.356. The summed E-state index contributed by atoms with van der Waals surface area (Å²) in [6.45, 7) is 2.00. The zero-order valence-electron chi connectivity index (χ0n) is 15.5. The third kappa shape index (κ3) is 5.02. The third-order valence-electron chi connectivity index (χ3n) is 3.89. The molecule has 2 aromatic carbocycles. The van der Waals surface area contributed by atoms with Crippen molar-refractivity contribution in [1.82, 2.24) is 4.98 Å². The molecular formula is C20H17N3O5S. The van der Waals surface area contributed by atoms with Gasteiger partial charge in [-0.25, -0.2) is 4.98 Å². The van der Waals surface area contributed by atoms with Crippen molar-refractivity contribution in [1.29, 1.82) is 0 Å². The van der Waals surface area contributed by atoms with Crippen molar-refractivity contribution in [2.75, 3.05) is 11.9 Å². The van der Waals surface area contributed by atoms with Crippen molar-refractivity contribution in [3.63, 3.8) is 0 Å². The van der Waals surface area contributed by atoms with Crippen LogP contribution in [-0.4, -0.2) is 28.4 Å². The highest BCUT2D eigenvalue weighted by Crippen LogP contribution is 2.32. The van der Waals surface area contributed by atoms with Crippen LogP contribution < -0.4 is 5.32 Å². The van der Waals surface area contributed by atoms with Crippen LogP contribution in [0.3, 0.4) is 0 Å². The van der Waals surface area contributed by atoms with E-state index in [0.717, 1.165) is 16.9 Å². The van der Waals surface area contributed by atoms with E-state index in [-0.39, 0.29) is 30.2 Å². The number of nitrogens with zero attached hydrogens (tertiary/aromatic N) is 2. The molecule has 9 heteroatoms. The van der Waals surface area contributed by atoms with Crippen LogP contribution >= 0.6 is 11.3 Å². The first kappa shape index (κ1) is 20.2. The molecule has 0 aliphatic rings. The van der Waals surface area contributed by atoms with Gasteiger partial charge in [0.1, 0.15) is 0 Å². The molecule has 0 aliphatic carbocycles. The van der Waals surface area contributed by atoms with E-state index >= 15 is 0 Å².